The number of nitrogens with two attached hydrogens (primary N) is 1. The Balaban J connectivity index is 0.00000324. The van der Waals surface area contributed by atoms with Crippen molar-refractivity contribution in [2.45, 2.75) is 26.3 Å². The molecule has 0 saturated carbocycles. The van der Waals surface area contributed by atoms with E-state index in [2.05, 4.69) is 0 Å². The lowest BCUT2D eigenvalue weighted by Crippen LogP contribution is -2.53. The Morgan fingerprint density at radius 2 is 1.74 bits per heavy atom. The summed E-state index contributed by atoms with van der Waals surface area (Å²) in [5, 5.41) is 0. The van der Waals surface area contributed by atoms with Crippen molar-refractivity contribution >= 4 is 24.1 Å². The van der Waals surface area contributed by atoms with Crippen LogP contribution < -0.4 is 5.73 Å². The van der Waals surface area contributed by atoms with Crippen molar-refractivity contribution in [1.82, 2.24) is 4.90 Å². The van der Waals surface area contributed by atoms with Gasteiger partial charge < -0.3 is 10.6 Å². The Hall–Kier alpha value is -1.39. The number of nitrogens with zero attached hydrogens (tertiary/aromatic N) is 1. The van der Waals surface area contributed by atoms with Crippen LogP contribution in [0.1, 0.15) is 31.1 Å². The number of benzene rings is 1. The van der Waals surface area contributed by atoms with Gasteiger partial charge in [-0.3, -0.25) is 9.59 Å². The van der Waals surface area contributed by atoms with E-state index in [0.29, 0.717) is 18.7 Å². The average molecular weight is 285 g/mol. The quantitative estimate of drug-likeness (QED) is 0.840. The highest BCUT2D eigenvalue weighted by atomic mass is 35.5. The molecule has 0 aliphatic heterocycles. The molecule has 19 heavy (non-hydrogen) atoms. The standard InChI is InChI=1S/C14H20N2O2.ClH/c1-11(17)16(10-9-15)14(2,3)13(18)12-7-5-4-6-8-12;/h4-8H,9-10,15H2,1-3H3;1H. The van der Waals surface area contributed by atoms with E-state index in [1.54, 1.807) is 26.0 Å². The third-order valence-corrected chi connectivity index (χ3v) is 3.00. The number of halogens is 1. The highest BCUT2D eigenvalue weighted by molar-refractivity contribution is 6.04. The number of hydrogen-bond acceptors (Lipinski definition) is 3. The van der Waals surface area contributed by atoms with Crippen LogP contribution in [0.15, 0.2) is 30.3 Å². The summed E-state index contributed by atoms with van der Waals surface area (Å²) < 4.78 is 0. The molecular formula is C14H21ClN2O2. The minimum absolute atomic E-state index is 0. The maximum atomic E-state index is 12.5. The van der Waals surface area contributed by atoms with E-state index in [9.17, 15) is 9.59 Å². The monoisotopic (exact) mass is 284 g/mol. The zero-order valence-electron chi connectivity index (χ0n) is 11.6. The third-order valence-electron chi connectivity index (χ3n) is 3.00. The number of amides is 1. The average Bonchev–Trinajstić information content (AvgIpc) is 2.35. The Morgan fingerprint density at radius 1 is 1.21 bits per heavy atom. The Morgan fingerprint density at radius 3 is 2.16 bits per heavy atom. The fourth-order valence-corrected chi connectivity index (χ4v) is 2.03. The largest absolute Gasteiger partial charge is 0.329 e. The molecule has 0 unspecified atom stereocenters. The van der Waals surface area contributed by atoms with Crippen LogP contribution in [0.2, 0.25) is 0 Å². The topological polar surface area (TPSA) is 63.4 Å². The number of hydrogen-bond donors (Lipinski definition) is 1. The molecule has 1 aromatic carbocycles. The van der Waals surface area contributed by atoms with E-state index in [1.807, 2.05) is 18.2 Å². The first-order chi connectivity index (χ1) is 8.41. The summed E-state index contributed by atoms with van der Waals surface area (Å²) in [6.07, 6.45) is 0. The molecule has 2 N–H and O–H groups in total. The summed E-state index contributed by atoms with van der Waals surface area (Å²) in [5.74, 6) is -0.221. The van der Waals surface area contributed by atoms with Crippen LogP contribution in [0.3, 0.4) is 0 Å². The van der Waals surface area contributed by atoms with Crippen LogP contribution >= 0.6 is 12.4 Å². The van der Waals surface area contributed by atoms with Crippen LogP contribution in [-0.2, 0) is 4.79 Å². The lowest BCUT2D eigenvalue weighted by Gasteiger charge is -2.36. The van der Waals surface area contributed by atoms with Crippen molar-refractivity contribution < 1.29 is 9.59 Å². The lowest BCUT2D eigenvalue weighted by molar-refractivity contribution is -0.132. The van der Waals surface area contributed by atoms with Gasteiger partial charge in [0.05, 0.1) is 0 Å². The lowest BCUT2D eigenvalue weighted by atomic mass is 9.91. The fourth-order valence-electron chi connectivity index (χ4n) is 2.03. The zero-order valence-corrected chi connectivity index (χ0v) is 12.4. The van der Waals surface area contributed by atoms with Crippen LogP contribution in [0, 0.1) is 0 Å². The van der Waals surface area contributed by atoms with Gasteiger partial charge in [-0.05, 0) is 13.8 Å². The van der Waals surface area contributed by atoms with Crippen LogP contribution in [0.4, 0.5) is 0 Å². The van der Waals surface area contributed by atoms with Gasteiger partial charge >= 0.3 is 0 Å². The van der Waals surface area contributed by atoms with E-state index >= 15 is 0 Å². The molecule has 0 fully saturated rings. The molecule has 0 aliphatic rings. The van der Waals surface area contributed by atoms with Gasteiger partial charge in [0.2, 0.25) is 5.91 Å². The van der Waals surface area contributed by atoms with E-state index in [-0.39, 0.29) is 24.1 Å². The molecule has 0 spiro atoms. The number of Topliss-reactive ketones (excluding diaryl/α,β-unsaturated/α-hetero) is 1. The first-order valence-electron chi connectivity index (χ1n) is 5.99. The molecule has 0 bridgehead atoms. The number of ketones is 1. The fraction of sp³-hybridized carbons (Fsp3) is 0.429. The SMILES string of the molecule is CC(=O)N(CCN)C(C)(C)C(=O)c1ccccc1.Cl. The number of rotatable bonds is 5. The van der Waals surface area contributed by atoms with Crippen LogP contribution in [0.5, 0.6) is 0 Å². The number of carbonyl (C=O) groups excluding carboxylic acids is 2. The molecule has 106 valence electrons. The molecule has 1 aromatic rings. The molecule has 1 rings (SSSR count). The van der Waals surface area contributed by atoms with Gasteiger partial charge in [-0.2, -0.15) is 0 Å². The highest BCUT2D eigenvalue weighted by Crippen LogP contribution is 2.20. The minimum Gasteiger partial charge on any atom is -0.329 e. The molecule has 0 heterocycles. The van der Waals surface area contributed by atoms with Crippen molar-refractivity contribution in [3.05, 3.63) is 35.9 Å². The predicted octanol–water partition coefficient (Wildman–Crippen LogP) is 1.88. The van der Waals surface area contributed by atoms with Gasteiger partial charge in [0.15, 0.2) is 5.78 Å². The second-order valence-electron chi connectivity index (χ2n) is 4.71. The van der Waals surface area contributed by atoms with Crippen molar-refractivity contribution in [2.75, 3.05) is 13.1 Å². The van der Waals surface area contributed by atoms with Gasteiger partial charge in [-0.15, -0.1) is 12.4 Å². The van der Waals surface area contributed by atoms with E-state index in [0.717, 1.165) is 0 Å². The summed E-state index contributed by atoms with van der Waals surface area (Å²) in [5.41, 5.74) is 5.22. The van der Waals surface area contributed by atoms with Crippen molar-refractivity contribution in [1.29, 1.82) is 0 Å². The molecule has 0 radical (unpaired) electrons. The first kappa shape index (κ1) is 17.6. The van der Waals surface area contributed by atoms with Crippen LogP contribution in [0.25, 0.3) is 0 Å². The molecule has 5 heteroatoms. The van der Waals surface area contributed by atoms with Crippen LogP contribution in [-0.4, -0.2) is 35.2 Å². The molecular weight excluding hydrogens is 264 g/mol. The second-order valence-corrected chi connectivity index (χ2v) is 4.71. The summed E-state index contributed by atoms with van der Waals surface area (Å²) in [6, 6.07) is 8.98. The molecule has 0 atom stereocenters. The maximum absolute atomic E-state index is 12.5. The summed E-state index contributed by atoms with van der Waals surface area (Å²) >= 11 is 0. The van der Waals surface area contributed by atoms with Gasteiger partial charge in [-0.1, -0.05) is 30.3 Å². The van der Waals surface area contributed by atoms with Crippen molar-refractivity contribution in [3.8, 4) is 0 Å². The smallest absolute Gasteiger partial charge is 0.220 e. The first-order valence-corrected chi connectivity index (χ1v) is 5.99. The van der Waals surface area contributed by atoms with Gasteiger partial charge in [0.25, 0.3) is 0 Å². The molecule has 0 aliphatic carbocycles. The van der Waals surface area contributed by atoms with E-state index < -0.39 is 5.54 Å². The highest BCUT2D eigenvalue weighted by Gasteiger charge is 2.36. The molecule has 4 nitrogen and oxygen atoms in total. The minimum atomic E-state index is -0.882. The van der Waals surface area contributed by atoms with Crippen molar-refractivity contribution in [2.24, 2.45) is 5.73 Å². The molecule has 1 amide bonds. The normalized spacial score (nSPS) is 10.5. The molecule has 0 saturated heterocycles. The van der Waals surface area contributed by atoms with Crippen molar-refractivity contribution in [3.63, 3.8) is 0 Å². The Labute approximate surface area is 120 Å². The number of carbonyl (C=O) groups is 2. The van der Waals surface area contributed by atoms with E-state index in [4.69, 9.17) is 5.73 Å². The Kier molecular flexibility index (Phi) is 6.73. The maximum Gasteiger partial charge on any atom is 0.220 e. The third kappa shape index (κ3) is 4.04. The summed E-state index contributed by atoms with van der Waals surface area (Å²) in [4.78, 5) is 25.6. The van der Waals surface area contributed by atoms with Gasteiger partial charge in [-0.25, -0.2) is 0 Å². The predicted molar refractivity (Wildman–Crippen MR) is 78.5 cm³/mol. The van der Waals surface area contributed by atoms with Gasteiger partial charge in [0, 0.05) is 25.6 Å². The van der Waals surface area contributed by atoms with Gasteiger partial charge in [0.1, 0.15) is 5.54 Å². The summed E-state index contributed by atoms with van der Waals surface area (Å²) in [6.45, 7) is 5.67. The summed E-state index contributed by atoms with van der Waals surface area (Å²) in [7, 11) is 0. The second kappa shape index (κ2) is 7.26. The van der Waals surface area contributed by atoms with E-state index in [1.165, 1.54) is 11.8 Å². The Bertz CT molecular complexity index is 432. The zero-order chi connectivity index (χ0) is 13.8. The molecule has 0 aromatic heterocycles.